The maximum absolute atomic E-state index is 11.8. The van der Waals surface area contributed by atoms with Crippen molar-refractivity contribution in [1.82, 2.24) is 4.90 Å². The number of hydrogen-bond acceptors (Lipinski definition) is 4. The van der Waals surface area contributed by atoms with Crippen LogP contribution < -0.4 is 0 Å². The number of amides is 1. The summed E-state index contributed by atoms with van der Waals surface area (Å²) in [5, 5.41) is 9.16. The molecule has 18 heavy (non-hydrogen) atoms. The Morgan fingerprint density at radius 2 is 1.94 bits per heavy atom. The number of Topliss-reactive ketones (excluding diaryl/α,β-unsaturated/α-hetero) is 1. The minimum Gasteiger partial charge on any atom is -0.508 e. The number of phenols is 1. The standard InChI is InChI=1S/C13H12N2O3/c1-8(16)12-14-11(13(18)15(12)2)7-9-3-5-10(17)6-4-9/h3-7,17H,1-2H3/b11-7+. The zero-order valence-corrected chi connectivity index (χ0v) is 10.0. The molecule has 92 valence electrons. The van der Waals surface area contributed by atoms with Crippen molar-refractivity contribution in [2.45, 2.75) is 6.92 Å². The van der Waals surface area contributed by atoms with Gasteiger partial charge in [0, 0.05) is 14.0 Å². The maximum Gasteiger partial charge on any atom is 0.277 e. The molecule has 1 amide bonds. The van der Waals surface area contributed by atoms with Crippen molar-refractivity contribution in [3.8, 4) is 5.75 Å². The smallest absolute Gasteiger partial charge is 0.277 e. The van der Waals surface area contributed by atoms with Gasteiger partial charge in [-0.1, -0.05) is 12.1 Å². The van der Waals surface area contributed by atoms with Crippen LogP contribution in [0.15, 0.2) is 35.0 Å². The predicted octanol–water partition coefficient (Wildman–Crippen LogP) is 1.19. The van der Waals surface area contributed by atoms with Crippen LogP contribution >= 0.6 is 0 Å². The molecule has 0 atom stereocenters. The van der Waals surface area contributed by atoms with Crippen LogP contribution in [0, 0.1) is 0 Å². The minimum absolute atomic E-state index is 0.144. The Bertz CT molecular complexity index is 570. The largest absolute Gasteiger partial charge is 0.508 e. The predicted molar refractivity (Wildman–Crippen MR) is 67.0 cm³/mol. The van der Waals surface area contributed by atoms with Crippen molar-refractivity contribution in [2.24, 2.45) is 4.99 Å². The molecule has 0 fully saturated rings. The van der Waals surface area contributed by atoms with Crippen LogP contribution in [0.25, 0.3) is 6.08 Å². The molecule has 1 aliphatic rings. The van der Waals surface area contributed by atoms with E-state index in [1.807, 2.05) is 0 Å². The lowest BCUT2D eigenvalue weighted by Crippen LogP contribution is -2.31. The Hall–Kier alpha value is -2.43. The molecule has 5 nitrogen and oxygen atoms in total. The van der Waals surface area contributed by atoms with E-state index < -0.39 is 0 Å². The third-order valence-corrected chi connectivity index (χ3v) is 2.58. The SMILES string of the molecule is CC(=O)C1=N/C(=C/c2ccc(O)cc2)C(=O)N1C. The van der Waals surface area contributed by atoms with E-state index in [9.17, 15) is 9.59 Å². The second-order valence-electron chi connectivity index (χ2n) is 3.98. The summed E-state index contributed by atoms with van der Waals surface area (Å²) in [6.45, 7) is 1.37. The highest BCUT2D eigenvalue weighted by Gasteiger charge is 2.29. The van der Waals surface area contributed by atoms with Gasteiger partial charge in [0.1, 0.15) is 11.4 Å². The highest BCUT2D eigenvalue weighted by molar-refractivity contribution is 6.43. The van der Waals surface area contributed by atoms with Gasteiger partial charge in [-0.3, -0.25) is 14.5 Å². The number of carbonyl (C=O) groups excluding carboxylic acids is 2. The van der Waals surface area contributed by atoms with Gasteiger partial charge in [0.05, 0.1) is 0 Å². The molecule has 0 radical (unpaired) electrons. The molecule has 1 heterocycles. The first-order chi connectivity index (χ1) is 8.49. The highest BCUT2D eigenvalue weighted by atomic mass is 16.3. The highest BCUT2D eigenvalue weighted by Crippen LogP contribution is 2.18. The first kappa shape index (κ1) is 12.0. The van der Waals surface area contributed by atoms with E-state index in [2.05, 4.69) is 4.99 Å². The Balaban J connectivity index is 2.37. The lowest BCUT2D eigenvalue weighted by atomic mass is 10.2. The fourth-order valence-electron chi connectivity index (χ4n) is 1.64. The number of phenolic OH excluding ortho intramolecular Hbond substituents is 1. The maximum atomic E-state index is 11.8. The van der Waals surface area contributed by atoms with Crippen LogP contribution in [0.5, 0.6) is 5.75 Å². The number of ketones is 1. The third-order valence-electron chi connectivity index (χ3n) is 2.58. The monoisotopic (exact) mass is 244 g/mol. The molecule has 2 rings (SSSR count). The molecule has 0 saturated heterocycles. The van der Waals surface area contributed by atoms with Crippen LogP contribution in [-0.2, 0) is 9.59 Å². The van der Waals surface area contributed by atoms with Gasteiger partial charge in [-0.05, 0) is 23.8 Å². The fraction of sp³-hybridized carbons (Fsp3) is 0.154. The Morgan fingerprint density at radius 1 is 1.33 bits per heavy atom. The lowest BCUT2D eigenvalue weighted by molar-refractivity contribution is -0.123. The molecule has 0 unspecified atom stereocenters. The molecule has 1 aromatic rings. The quantitative estimate of drug-likeness (QED) is 0.794. The minimum atomic E-state index is -0.312. The Morgan fingerprint density at radius 3 is 2.44 bits per heavy atom. The second kappa shape index (κ2) is 4.44. The van der Waals surface area contributed by atoms with Crippen molar-refractivity contribution >= 4 is 23.6 Å². The van der Waals surface area contributed by atoms with Gasteiger partial charge in [-0.2, -0.15) is 0 Å². The van der Waals surface area contributed by atoms with Crippen LogP contribution in [0.1, 0.15) is 12.5 Å². The third kappa shape index (κ3) is 2.15. The van der Waals surface area contributed by atoms with Crippen LogP contribution in [0.2, 0.25) is 0 Å². The number of nitrogens with zero attached hydrogens (tertiary/aromatic N) is 2. The zero-order valence-electron chi connectivity index (χ0n) is 10.0. The summed E-state index contributed by atoms with van der Waals surface area (Å²) in [5.74, 6) is -0.266. The van der Waals surface area contributed by atoms with E-state index in [-0.39, 0.29) is 29.0 Å². The van der Waals surface area contributed by atoms with E-state index in [1.165, 1.54) is 31.0 Å². The number of likely N-dealkylation sites (N-methyl/N-ethyl adjacent to an activating group) is 1. The van der Waals surface area contributed by atoms with Crippen LogP contribution in [0.4, 0.5) is 0 Å². The summed E-state index contributed by atoms with van der Waals surface area (Å²) in [7, 11) is 1.51. The molecular weight excluding hydrogens is 232 g/mol. The summed E-state index contributed by atoms with van der Waals surface area (Å²) >= 11 is 0. The van der Waals surface area contributed by atoms with Crippen molar-refractivity contribution in [3.63, 3.8) is 0 Å². The van der Waals surface area contributed by atoms with E-state index in [0.717, 1.165) is 5.56 Å². The summed E-state index contributed by atoms with van der Waals surface area (Å²) < 4.78 is 0. The number of benzene rings is 1. The zero-order chi connectivity index (χ0) is 13.3. The molecule has 5 heteroatoms. The topological polar surface area (TPSA) is 70.0 Å². The Kier molecular flexibility index (Phi) is 2.97. The van der Waals surface area contributed by atoms with Gasteiger partial charge in [0.25, 0.3) is 5.91 Å². The molecule has 1 aromatic carbocycles. The molecular formula is C13H12N2O3. The number of aromatic hydroxyl groups is 1. The summed E-state index contributed by atoms with van der Waals surface area (Å²) in [6, 6.07) is 6.37. The summed E-state index contributed by atoms with van der Waals surface area (Å²) in [4.78, 5) is 28.3. The van der Waals surface area contributed by atoms with Gasteiger partial charge >= 0.3 is 0 Å². The number of hydrogen-bond donors (Lipinski definition) is 1. The van der Waals surface area contributed by atoms with Gasteiger partial charge in [0.15, 0.2) is 11.6 Å². The van der Waals surface area contributed by atoms with E-state index in [0.29, 0.717) is 0 Å². The molecule has 1 aliphatic heterocycles. The van der Waals surface area contributed by atoms with Crippen molar-refractivity contribution < 1.29 is 14.7 Å². The number of aliphatic imine (C=N–C) groups is 1. The number of rotatable bonds is 2. The summed E-state index contributed by atoms with van der Waals surface area (Å²) in [5.41, 5.74) is 0.950. The van der Waals surface area contributed by atoms with Gasteiger partial charge in [0.2, 0.25) is 0 Å². The number of carbonyl (C=O) groups is 2. The average molecular weight is 244 g/mol. The average Bonchev–Trinajstić information content (AvgIpc) is 2.60. The molecule has 0 saturated carbocycles. The molecule has 0 bridgehead atoms. The van der Waals surface area contributed by atoms with Gasteiger partial charge < -0.3 is 5.11 Å². The summed E-state index contributed by atoms with van der Waals surface area (Å²) in [6.07, 6.45) is 1.58. The van der Waals surface area contributed by atoms with Gasteiger partial charge in [-0.15, -0.1) is 0 Å². The first-order valence-electron chi connectivity index (χ1n) is 5.37. The molecule has 0 aliphatic carbocycles. The van der Waals surface area contributed by atoms with Crippen LogP contribution in [0.3, 0.4) is 0 Å². The van der Waals surface area contributed by atoms with Crippen LogP contribution in [-0.4, -0.2) is 34.6 Å². The molecule has 0 spiro atoms. The van der Waals surface area contributed by atoms with E-state index in [1.54, 1.807) is 18.2 Å². The normalized spacial score (nSPS) is 17.2. The second-order valence-corrected chi connectivity index (χ2v) is 3.98. The van der Waals surface area contributed by atoms with E-state index in [4.69, 9.17) is 5.11 Å². The van der Waals surface area contributed by atoms with E-state index >= 15 is 0 Å². The van der Waals surface area contributed by atoms with Gasteiger partial charge in [-0.25, -0.2) is 4.99 Å². The first-order valence-corrected chi connectivity index (χ1v) is 5.37. The van der Waals surface area contributed by atoms with Crippen molar-refractivity contribution in [1.29, 1.82) is 0 Å². The van der Waals surface area contributed by atoms with Crippen molar-refractivity contribution in [3.05, 3.63) is 35.5 Å². The molecule has 1 N–H and O–H groups in total. The fourth-order valence-corrected chi connectivity index (χ4v) is 1.64. The lowest BCUT2D eigenvalue weighted by Gasteiger charge is -2.07. The Labute approximate surface area is 104 Å². The molecule has 0 aromatic heterocycles. The number of amidine groups is 1. The van der Waals surface area contributed by atoms with Crippen molar-refractivity contribution in [2.75, 3.05) is 7.05 Å².